The molecule has 178 valence electrons. The third kappa shape index (κ3) is 4.73. The lowest BCUT2D eigenvalue weighted by Crippen LogP contribution is -2.52. The quantitative estimate of drug-likeness (QED) is 0.406. The second-order valence-electron chi connectivity index (χ2n) is 8.74. The van der Waals surface area contributed by atoms with Crippen molar-refractivity contribution in [2.75, 3.05) is 11.9 Å². The Kier molecular flexibility index (Phi) is 6.18. The highest BCUT2D eigenvalue weighted by Gasteiger charge is 2.39. The number of anilines is 1. The van der Waals surface area contributed by atoms with E-state index in [-0.39, 0.29) is 37.1 Å². The van der Waals surface area contributed by atoms with Crippen molar-refractivity contribution in [1.82, 2.24) is 10.2 Å². The fraction of sp³-hybridized carbons (Fsp3) is 0.259. The molecular formula is C27H25N3O5. The van der Waals surface area contributed by atoms with Gasteiger partial charge in [-0.1, -0.05) is 36.4 Å². The molecule has 1 fully saturated rings. The number of ether oxygens (including phenoxy) is 1. The molecule has 0 bridgehead atoms. The highest BCUT2D eigenvalue weighted by Crippen LogP contribution is 2.32. The molecule has 0 spiro atoms. The van der Waals surface area contributed by atoms with Gasteiger partial charge >= 0.3 is 0 Å². The van der Waals surface area contributed by atoms with E-state index in [1.165, 1.54) is 4.90 Å². The number of benzene rings is 3. The van der Waals surface area contributed by atoms with Gasteiger partial charge in [0.25, 0.3) is 5.91 Å². The lowest BCUT2D eigenvalue weighted by molar-refractivity contribution is -0.137. The predicted octanol–water partition coefficient (Wildman–Crippen LogP) is 3.40. The minimum atomic E-state index is -0.691. The molecular weight excluding hydrogens is 446 g/mol. The van der Waals surface area contributed by atoms with Crippen molar-refractivity contribution in [2.45, 2.75) is 38.3 Å². The van der Waals surface area contributed by atoms with Gasteiger partial charge in [0.15, 0.2) is 0 Å². The summed E-state index contributed by atoms with van der Waals surface area (Å²) in [4.78, 5) is 50.7. The Bertz CT molecular complexity index is 1340. The van der Waals surface area contributed by atoms with Gasteiger partial charge in [0.2, 0.25) is 17.7 Å². The van der Waals surface area contributed by atoms with Crippen LogP contribution >= 0.6 is 0 Å². The SMILES string of the molecule is O=C1CCC(N2Cc3c(NC(=O)CCCOc4ccc5ccccc5c4)cccc3C2=O)C(=O)N1. The summed E-state index contributed by atoms with van der Waals surface area (Å²) < 4.78 is 5.81. The van der Waals surface area contributed by atoms with Crippen molar-refractivity contribution in [3.63, 3.8) is 0 Å². The summed E-state index contributed by atoms with van der Waals surface area (Å²) in [6.07, 6.45) is 1.29. The molecule has 2 aliphatic heterocycles. The first-order chi connectivity index (χ1) is 17.0. The maximum atomic E-state index is 12.9. The van der Waals surface area contributed by atoms with Gasteiger partial charge in [0.05, 0.1) is 6.61 Å². The second kappa shape index (κ2) is 9.58. The molecule has 8 heteroatoms. The fourth-order valence-corrected chi connectivity index (χ4v) is 4.60. The van der Waals surface area contributed by atoms with Gasteiger partial charge in [0.1, 0.15) is 11.8 Å². The third-order valence-corrected chi connectivity index (χ3v) is 6.39. The van der Waals surface area contributed by atoms with Gasteiger partial charge in [-0.25, -0.2) is 0 Å². The second-order valence-corrected chi connectivity index (χ2v) is 8.74. The van der Waals surface area contributed by atoms with Crippen molar-refractivity contribution in [3.05, 3.63) is 71.8 Å². The molecule has 8 nitrogen and oxygen atoms in total. The van der Waals surface area contributed by atoms with Gasteiger partial charge in [-0.05, 0) is 47.9 Å². The Morgan fingerprint density at radius 1 is 1.03 bits per heavy atom. The smallest absolute Gasteiger partial charge is 0.255 e. The van der Waals surface area contributed by atoms with Crippen LogP contribution in [-0.4, -0.2) is 41.2 Å². The Morgan fingerprint density at radius 2 is 1.86 bits per heavy atom. The predicted molar refractivity (Wildman–Crippen MR) is 130 cm³/mol. The summed E-state index contributed by atoms with van der Waals surface area (Å²) in [6, 6.07) is 18.4. The molecule has 0 aliphatic carbocycles. The molecule has 0 saturated carbocycles. The summed E-state index contributed by atoms with van der Waals surface area (Å²) in [5.41, 5.74) is 1.71. The van der Waals surface area contributed by atoms with E-state index in [1.54, 1.807) is 18.2 Å². The zero-order valence-electron chi connectivity index (χ0n) is 19.1. The van der Waals surface area contributed by atoms with E-state index < -0.39 is 11.9 Å². The Labute approximate surface area is 202 Å². The van der Waals surface area contributed by atoms with Crippen LogP contribution < -0.4 is 15.4 Å². The Balaban J connectivity index is 1.16. The van der Waals surface area contributed by atoms with Crippen LogP contribution in [0.4, 0.5) is 5.69 Å². The fourth-order valence-electron chi connectivity index (χ4n) is 4.60. The van der Waals surface area contributed by atoms with E-state index in [2.05, 4.69) is 10.6 Å². The van der Waals surface area contributed by atoms with Crippen LogP contribution in [0.3, 0.4) is 0 Å². The number of nitrogens with one attached hydrogen (secondary N) is 2. The summed E-state index contributed by atoms with van der Waals surface area (Å²) in [6.45, 7) is 0.613. The van der Waals surface area contributed by atoms with Crippen molar-refractivity contribution < 1.29 is 23.9 Å². The summed E-state index contributed by atoms with van der Waals surface area (Å²) in [5.74, 6) is -0.466. The number of rotatable bonds is 7. The first-order valence-electron chi connectivity index (χ1n) is 11.7. The van der Waals surface area contributed by atoms with E-state index in [0.29, 0.717) is 36.3 Å². The Hall–Kier alpha value is -4.20. The molecule has 2 aliphatic rings. The lowest BCUT2D eigenvalue weighted by atomic mass is 10.0. The van der Waals surface area contributed by atoms with E-state index >= 15 is 0 Å². The van der Waals surface area contributed by atoms with Gasteiger partial charge in [-0.15, -0.1) is 0 Å². The topological polar surface area (TPSA) is 105 Å². The first kappa shape index (κ1) is 22.6. The average molecular weight is 472 g/mol. The monoisotopic (exact) mass is 471 g/mol. The number of carbonyl (C=O) groups is 4. The molecule has 35 heavy (non-hydrogen) atoms. The number of imide groups is 1. The van der Waals surface area contributed by atoms with Gasteiger partial charge in [0, 0.05) is 36.2 Å². The van der Waals surface area contributed by atoms with Crippen LogP contribution in [0.15, 0.2) is 60.7 Å². The molecule has 3 aromatic rings. The van der Waals surface area contributed by atoms with Gasteiger partial charge in [-0.3, -0.25) is 24.5 Å². The highest BCUT2D eigenvalue weighted by molar-refractivity contribution is 6.06. The third-order valence-electron chi connectivity index (χ3n) is 6.39. The number of fused-ring (bicyclic) bond motifs is 2. The van der Waals surface area contributed by atoms with E-state index in [1.807, 2.05) is 42.5 Å². The molecule has 1 saturated heterocycles. The van der Waals surface area contributed by atoms with Crippen LogP contribution in [0.2, 0.25) is 0 Å². The standard InChI is InChI=1S/C27H25N3O5/c31-24(9-4-14-35-19-11-10-17-5-1-2-6-18(17)15-19)28-22-8-3-7-20-21(22)16-30(27(20)34)23-12-13-25(32)29-26(23)33/h1-3,5-8,10-11,15,23H,4,9,12-14,16H2,(H,28,31)(H,29,32,33). The molecule has 4 amide bonds. The number of carbonyl (C=O) groups excluding carboxylic acids is 4. The number of hydrogen-bond donors (Lipinski definition) is 2. The maximum absolute atomic E-state index is 12.9. The molecule has 1 atom stereocenters. The number of hydrogen-bond acceptors (Lipinski definition) is 5. The molecule has 3 aromatic carbocycles. The summed E-state index contributed by atoms with van der Waals surface area (Å²) >= 11 is 0. The zero-order chi connectivity index (χ0) is 24.4. The van der Waals surface area contributed by atoms with Crippen molar-refractivity contribution >= 4 is 40.1 Å². The van der Waals surface area contributed by atoms with Crippen molar-refractivity contribution in [3.8, 4) is 5.75 Å². The molecule has 2 heterocycles. The molecule has 0 radical (unpaired) electrons. The molecule has 2 N–H and O–H groups in total. The van der Waals surface area contributed by atoms with Gasteiger partial charge < -0.3 is 15.0 Å². The van der Waals surface area contributed by atoms with E-state index in [4.69, 9.17) is 4.74 Å². The average Bonchev–Trinajstić information content (AvgIpc) is 3.19. The summed E-state index contributed by atoms with van der Waals surface area (Å²) in [7, 11) is 0. The minimum Gasteiger partial charge on any atom is -0.494 e. The molecule has 0 aromatic heterocycles. The first-order valence-corrected chi connectivity index (χ1v) is 11.7. The van der Waals surface area contributed by atoms with Crippen molar-refractivity contribution in [2.24, 2.45) is 0 Å². The van der Waals surface area contributed by atoms with Crippen LogP contribution in [0.25, 0.3) is 10.8 Å². The van der Waals surface area contributed by atoms with Crippen LogP contribution in [0.5, 0.6) is 5.75 Å². The number of nitrogens with zero attached hydrogens (tertiary/aromatic N) is 1. The number of amides is 4. The zero-order valence-corrected chi connectivity index (χ0v) is 19.1. The van der Waals surface area contributed by atoms with Crippen LogP contribution in [0, 0.1) is 0 Å². The Morgan fingerprint density at radius 3 is 2.69 bits per heavy atom. The van der Waals surface area contributed by atoms with E-state index in [0.717, 1.165) is 16.5 Å². The normalized spacial score (nSPS) is 17.3. The van der Waals surface area contributed by atoms with Gasteiger partial charge in [-0.2, -0.15) is 0 Å². The van der Waals surface area contributed by atoms with Crippen LogP contribution in [-0.2, 0) is 20.9 Å². The molecule has 5 rings (SSSR count). The largest absolute Gasteiger partial charge is 0.494 e. The molecule has 1 unspecified atom stereocenters. The lowest BCUT2D eigenvalue weighted by Gasteiger charge is -2.29. The van der Waals surface area contributed by atoms with E-state index in [9.17, 15) is 19.2 Å². The van der Waals surface area contributed by atoms with Crippen LogP contribution in [0.1, 0.15) is 41.6 Å². The maximum Gasteiger partial charge on any atom is 0.255 e. The van der Waals surface area contributed by atoms with Crippen molar-refractivity contribution in [1.29, 1.82) is 0 Å². The number of piperidine rings is 1. The summed E-state index contributed by atoms with van der Waals surface area (Å²) in [5, 5.41) is 7.44. The highest BCUT2D eigenvalue weighted by atomic mass is 16.5. The minimum absolute atomic E-state index is 0.174.